The van der Waals surface area contributed by atoms with Crippen molar-refractivity contribution < 1.29 is 19.0 Å². The summed E-state index contributed by atoms with van der Waals surface area (Å²) in [6.45, 7) is 0.273. The van der Waals surface area contributed by atoms with Crippen LogP contribution in [0.5, 0.6) is 11.5 Å². The Kier molecular flexibility index (Phi) is 5.27. The smallest absolute Gasteiger partial charge is 0.169 e. The van der Waals surface area contributed by atoms with Gasteiger partial charge in [0.25, 0.3) is 0 Å². The lowest BCUT2D eigenvalue weighted by Gasteiger charge is -2.21. The van der Waals surface area contributed by atoms with Gasteiger partial charge in [-0.3, -0.25) is 0 Å². The first-order chi connectivity index (χ1) is 10.1. The molecule has 0 spiro atoms. The summed E-state index contributed by atoms with van der Waals surface area (Å²) in [6.07, 6.45) is -0.834. The maximum absolute atomic E-state index is 10.5. The highest BCUT2D eigenvalue weighted by molar-refractivity contribution is 9.10. The van der Waals surface area contributed by atoms with Crippen molar-refractivity contribution in [2.75, 3.05) is 20.8 Å². The summed E-state index contributed by atoms with van der Waals surface area (Å²) in [7, 11) is 3.15. The number of furan rings is 1. The van der Waals surface area contributed by atoms with Crippen LogP contribution < -0.4 is 15.2 Å². The van der Waals surface area contributed by atoms with Crippen molar-refractivity contribution in [3.8, 4) is 11.5 Å². The van der Waals surface area contributed by atoms with Gasteiger partial charge in [-0.05, 0) is 45.8 Å². The second-order valence-corrected chi connectivity index (χ2v) is 5.32. The molecule has 0 amide bonds. The summed E-state index contributed by atoms with van der Waals surface area (Å²) >= 11 is 3.22. The van der Waals surface area contributed by atoms with Gasteiger partial charge in [0.2, 0.25) is 0 Å². The van der Waals surface area contributed by atoms with Crippen LogP contribution in [0.4, 0.5) is 0 Å². The highest BCUT2D eigenvalue weighted by Crippen LogP contribution is 2.36. The Balaban J connectivity index is 2.32. The van der Waals surface area contributed by atoms with Gasteiger partial charge in [-0.2, -0.15) is 0 Å². The van der Waals surface area contributed by atoms with E-state index in [9.17, 15) is 5.11 Å². The number of methoxy groups -OCH3 is 2. The summed E-state index contributed by atoms with van der Waals surface area (Å²) in [6, 6.07) is 8.93. The molecule has 0 aliphatic heterocycles. The van der Waals surface area contributed by atoms with E-state index in [1.165, 1.54) is 0 Å². The fourth-order valence-electron chi connectivity index (χ4n) is 2.22. The van der Waals surface area contributed by atoms with Gasteiger partial charge in [0.15, 0.2) is 16.2 Å². The van der Waals surface area contributed by atoms with E-state index in [2.05, 4.69) is 15.9 Å². The third-order valence-electron chi connectivity index (χ3n) is 3.36. The molecule has 2 atom stereocenters. The number of benzene rings is 1. The molecule has 1 aromatic carbocycles. The average molecular weight is 356 g/mol. The van der Waals surface area contributed by atoms with Crippen LogP contribution in [0.1, 0.15) is 23.3 Å². The van der Waals surface area contributed by atoms with Crippen LogP contribution in [0.15, 0.2) is 39.4 Å². The Morgan fingerprint density at radius 1 is 1.19 bits per heavy atom. The van der Waals surface area contributed by atoms with Crippen molar-refractivity contribution in [1.82, 2.24) is 0 Å². The molecule has 1 heterocycles. The quantitative estimate of drug-likeness (QED) is 0.832. The third kappa shape index (κ3) is 3.40. The van der Waals surface area contributed by atoms with Gasteiger partial charge in [0.05, 0.1) is 14.2 Å². The molecule has 0 aliphatic carbocycles. The summed E-state index contributed by atoms with van der Waals surface area (Å²) in [5, 5.41) is 10.5. The van der Waals surface area contributed by atoms with Crippen LogP contribution in [0, 0.1) is 0 Å². The van der Waals surface area contributed by atoms with Crippen molar-refractivity contribution in [2.45, 2.75) is 12.0 Å². The second kappa shape index (κ2) is 6.98. The lowest BCUT2D eigenvalue weighted by Crippen LogP contribution is -2.20. The van der Waals surface area contributed by atoms with Crippen LogP contribution >= 0.6 is 15.9 Å². The van der Waals surface area contributed by atoms with E-state index in [4.69, 9.17) is 19.6 Å². The molecule has 6 heteroatoms. The highest BCUT2D eigenvalue weighted by Gasteiger charge is 2.25. The fraction of sp³-hybridized carbons (Fsp3) is 0.333. The Morgan fingerprint density at radius 2 is 1.90 bits per heavy atom. The van der Waals surface area contributed by atoms with Gasteiger partial charge < -0.3 is 24.7 Å². The van der Waals surface area contributed by atoms with Crippen molar-refractivity contribution in [1.29, 1.82) is 0 Å². The topological polar surface area (TPSA) is 77.9 Å². The summed E-state index contributed by atoms with van der Waals surface area (Å²) in [5.74, 6) is 1.39. The molecule has 0 saturated carbocycles. The molecular weight excluding hydrogens is 338 g/mol. The first-order valence-electron chi connectivity index (χ1n) is 6.46. The van der Waals surface area contributed by atoms with E-state index in [-0.39, 0.29) is 12.5 Å². The second-order valence-electron chi connectivity index (χ2n) is 4.54. The maximum Gasteiger partial charge on any atom is 0.169 e. The molecule has 5 nitrogen and oxygen atoms in total. The number of hydrogen-bond acceptors (Lipinski definition) is 5. The van der Waals surface area contributed by atoms with E-state index < -0.39 is 6.10 Å². The van der Waals surface area contributed by atoms with E-state index in [1.54, 1.807) is 32.4 Å². The first-order valence-corrected chi connectivity index (χ1v) is 7.25. The minimum atomic E-state index is -0.834. The SMILES string of the molecule is COc1ccc(C(CN)C(O)c2ccc(Br)o2)cc1OC. The molecular formula is C15H18BrNO4. The third-order valence-corrected chi connectivity index (χ3v) is 3.78. The molecule has 0 fully saturated rings. The lowest BCUT2D eigenvalue weighted by atomic mass is 9.92. The van der Waals surface area contributed by atoms with Crippen LogP contribution in [0.2, 0.25) is 0 Å². The van der Waals surface area contributed by atoms with Gasteiger partial charge in [0.1, 0.15) is 11.9 Å². The zero-order valence-corrected chi connectivity index (χ0v) is 13.5. The number of rotatable bonds is 6. The number of hydrogen-bond donors (Lipinski definition) is 2. The Labute approximate surface area is 131 Å². The predicted octanol–water partition coefficient (Wildman–Crippen LogP) is 2.84. The van der Waals surface area contributed by atoms with Gasteiger partial charge in [-0.1, -0.05) is 6.07 Å². The molecule has 114 valence electrons. The average Bonchev–Trinajstić information content (AvgIpc) is 2.94. The maximum atomic E-state index is 10.5. The van der Waals surface area contributed by atoms with E-state index in [0.717, 1.165) is 5.56 Å². The van der Waals surface area contributed by atoms with E-state index in [1.807, 2.05) is 12.1 Å². The van der Waals surface area contributed by atoms with Crippen molar-refractivity contribution >= 4 is 15.9 Å². The molecule has 2 rings (SSSR count). The number of nitrogens with two attached hydrogens (primary N) is 1. The summed E-state index contributed by atoms with van der Waals surface area (Å²) in [5.41, 5.74) is 6.68. The minimum absolute atomic E-state index is 0.273. The number of halogens is 1. The summed E-state index contributed by atoms with van der Waals surface area (Å²) in [4.78, 5) is 0. The molecule has 0 aliphatic rings. The van der Waals surface area contributed by atoms with Gasteiger partial charge >= 0.3 is 0 Å². The lowest BCUT2D eigenvalue weighted by molar-refractivity contribution is 0.120. The molecule has 0 radical (unpaired) electrons. The number of aliphatic hydroxyl groups is 1. The molecule has 2 unspecified atom stereocenters. The number of ether oxygens (including phenoxy) is 2. The van der Waals surface area contributed by atoms with E-state index >= 15 is 0 Å². The fourth-order valence-corrected chi connectivity index (χ4v) is 2.54. The van der Waals surface area contributed by atoms with Crippen molar-refractivity contribution in [3.05, 3.63) is 46.3 Å². The van der Waals surface area contributed by atoms with Crippen LogP contribution in [0.25, 0.3) is 0 Å². The standard InChI is InChI=1S/C15H18BrNO4/c1-19-11-4-3-9(7-13(11)20-2)10(8-17)15(18)12-5-6-14(16)21-12/h3-7,10,15,18H,8,17H2,1-2H3. The van der Waals surface area contributed by atoms with Gasteiger partial charge in [-0.15, -0.1) is 0 Å². The summed E-state index contributed by atoms with van der Waals surface area (Å²) < 4.78 is 16.5. The molecule has 1 aromatic heterocycles. The monoisotopic (exact) mass is 355 g/mol. The van der Waals surface area contributed by atoms with Gasteiger partial charge in [0, 0.05) is 12.5 Å². The Hall–Kier alpha value is -1.50. The molecule has 0 saturated heterocycles. The first kappa shape index (κ1) is 15.9. The van der Waals surface area contributed by atoms with Crippen molar-refractivity contribution in [2.24, 2.45) is 5.73 Å². The Morgan fingerprint density at radius 3 is 2.43 bits per heavy atom. The highest BCUT2D eigenvalue weighted by atomic mass is 79.9. The minimum Gasteiger partial charge on any atom is -0.493 e. The van der Waals surface area contributed by atoms with Crippen LogP contribution in [-0.2, 0) is 0 Å². The number of aliphatic hydroxyl groups excluding tert-OH is 1. The van der Waals surface area contributed by atoms with Crippen LogP contribution in [-0.4, -0.2) is 25.9 Å². The molecule has 21 heavy (non-hydrogen) atoms. The zero-order valence-electron chi connectivity index (χ0n) is 11.9. The van der Waals surface area contributed by atoms with Crippen molar-refractivity contribution in [3.63, 3.8) is 0 Å². The molecule has 3 N–H and O–H groups in total. The van der Waals surface area contributed by atoms with Gasteiger partial charge in [-0.25, -0.2) is 0 Å². The zero-order chi connectivity index (χ0) is 15.4. The van der Waals surface area contributed by atoms with E-state index in [0.29, 0.717) is 21.9 Å². The largest absolute Gasteiger partial charge is 0.493 e. The van der Waals surface area contributed by atoms with Crippen LogP contribution in [0.3, 0.4) is 0 Å². The predicted molar refractivity (Wildman–Crippen MR) is 82.7 cm³/mol. The molecule has 0 bridgehead atoms. The normalized spacial score (nSPS) is 13.8. The molecule has 2 aromatic rings. The Bertz CT molecular complexity index is 599.